The highest BCUT2D eigenvalue weighted by molar-refractivity contribution is 7.13. The minimum atomic E-state index is -0.906. The third-order valence-corrected chi connectivity index (χ3v) is 4.69. The first-order valence-electron chi connectivity index (χ1n) is 7.48. The molecule has 0 aliphatic carbocycles. The van der Waals surface area contributed by atoms with Gasteiger partial charge in [0.25, 0.3) is 0 Å². The fourth-order valence-electron chi connectivity index (χ4n) is 2.59. The summed E-state index contributed by atoms with van der Waals surface area (Å²) in [5, 5.41) is 13.6. The Bertz CT molecular complexity index is 714. The van der Waals surface area contributed by atoms with E-state index in [0.29, 0.717) is 44.1 Å². The molecule has 2 N–H and O–H groups in total. The SMILES string of the molecule is O=CNCc1nc(-c2cccs2)cnc1N1CCN(C(=O)O)CC1. The lowest BCUT2D eigenvalue weighted by atomic mass is 10.2. The average Bonchev–Trinajstić information content (AvgIpc) is 3.14. The van der Waals surface area contributed by atoms with E-state index in [2.05, 4.69) is 15.3 Å². The van der Waals surface area contributed by atoms with E-state index in [1.807, 2.05) is 22.4 Å². The first-order valence-corrected chi connectivity index (χ1v) is 8.36. The summed E-state index contributed by atoms with van der Waals surface area (Å²) in [5.41, 5.74) is 1.44. The molecule has 9 heteroatoms. The predicted molar refractivity (Wildman–Crippen MR) is 90.1 cm³/mol. The fraction of sp³-hybridized carbons (Fsp3) is 0.333. The Morgan fingerprint density at radius 3 is 2.79 bits per heavy atom. The van der Waals surface area contributed by atoms with Crippen LogP contribution in [0, 0.1) is 0 Å². The van der Waals surface area contributed by atoms with Crippen molar-refractivity contribution in [3.63, 3.8) is 0 Å². The number of rotatable bonds is 5. The van der Waals surface area contributed by atoms with E-state index in [4.69, 9.17) is 5.11 Å². The molecule has 0 radical (unpaired) electrons. The fourth-order valence-corrected chi connectivity index (χ4v) is 3.27. The monoisotopic (exact) mass is 347 g/mol. The molecule has 0 atom stereocenters. The molecule has 3 rings (SSSR count). The summed E-state index contributed by atoms with van der Waals surface area (Å²) < 4.78 is 0. The van der Waals surface area contributed by atoms with Crippen LogP contribution in [0.4, 0.5) is 10.6 Å². The normalized spacial score (nSPS) is 14.5. The molecule has 2 amide bonds. The molecule has 1 fully saturated rings. The second-order valence-electron chi connectivity index (χ2n) is 5.26. The van der Waals surface area contributed by atoms with Crippen molar-refractivity contribution in [1.29, 1.82) is 0 Å². The van der Waals surface area contributed by atoms with Crippen molar-refractivity contribution in [3.8, 4) is 10.6 Å². The van der Waals surface area contributed by atoms with E-state index in [9.17, 15) is 9.59 Å². The minimum absolute atomic E-state index is 0.282. The van der Waals surface area contributed by atoms with Gasteiger partial charge in [0.05, 0.1) is 23.3 Å². The lowest BCUT2D eigenvalue weighted by Gasteiger charge is -2.34. The summed E-state index contributed by atoms with van der Waals surface area (Å²) in [6, 6.07) is 3.92. The molecule has 3 heterocycles. The van der Waals surface area contributed by atoms with E-state index in [1.165, 1.54) is 4.90 Å². The van der Waals surface area contributed by atoms with Crippen LogP contribution in [0.25, 0.3) is 10.6 Å². The van der Waals surface area contributed by atoms with Crippen molar-refractivity contribution in [2.45, 2.75) is 6.54 Å². The molecule has 2 aromatic rings. The van der Waals surface area contributed by atoms with Gasteiger partial charge in [-0.1, -0.05) is 6.07 Å². The summed E-state index contributed by atoms with van der Waals surface area (Å²) >= 11 is 1.58. The van der Waals surface area contributed by atoms with Crippen molar-refractivity contribution in [2.75, 3.05) is 31.1 Å². The summed E-state index contributed by atoms with van der Waals surface area (Å²) in [5.74, 6) is 0.690. The molecule has 0 bridgehead atoms. The third kappa shape index (κ3) is 3.46. The maximum Gasteiger partial charge on any atom is 0.407 e. The zero-order valence-corrected chi connectivity index (χ0v) is 13.7. The highest BCUT2D eigenvalue weighted by atomic mass is 32.1. The van der Waals surface area contributed by atoms with Crippen LogP contribution >= 0.6 is 11.3 Å². The molecule has 0 saturated carbocycles. The third-order valence-electron chi connectivity index (χ3n) is 3.80. The Hall–Kier alpha value is -2.68. The van der Waals surface area contributed by atoms with E-state index in [-0.39, 0.29) is 6.54 Å². The number of nitrogens with zero attached hydrogens (tertiary/aromatic N) is 4. The smallest absolute Gasteiger partial charge is 0.407 e. The number of amides is 2. The number of hydrogen-bond acceptors (Lipinski definition) is 6. The molecule has 126 valence electrons. The number of carbonyl (C=O) groups excluding carboxylic acids is 1. The van der Waals surface area contributed by atoms with Crippen LogP contribution in [-0.4, -0.2) is 58.7 Å². The Morgan fingerprint density at radius 2 is 2.17 bits per heavy atom. The topological polar surface area (TPSA) is 98.7 Å². The number of hydrogen-bond donors (Lipinski definition) is 2. The van der Waals surface area contributed by atoms with Gasteiger partial charge in [-0.3, -0.25) is 4.79 Å². The molecule has 24 heavy (non-hydrogen) atoms. The molecule has 8 nitrogen and oxygen atoms in total. The van der Waals surface area contributed by atoms with Crippen molar-refractivity contribution in [3.05, 3.63) is 29.4 Å². The van der Waals surface area contributed by atoms with Gasteiger partial charge in [-0.05, 0) is 11.4 Å². The Balaban J connectivity index is 1.84. The molecule has 0 unspecified atom stereocenters. The highest BCUT2D eigenvalue weighted by Crippen LogP contribution is 2.26. The maximum atomic E-state index is 11.0. The van der Waals surface area contributed by atoms with E-state index >= 15 is 0 Å². The van der Waals surface area contributed by atoms with E-state index in [1.54, 1.807) is 17.5 Å². The Kier molecular flexibility index (Phi) is 4.90. The number of piperazine rings is 1. The Morgan fingerprint density at radius 1 is 1.38 bits per heavy atom. The molecule has 2 aromatic heterocycles. The highest BCUT2D eigenvalue weighted by Gasteiger charge is 2.23. The van der Waals surface area contributed by atoms with Gasteiger partial charge in [-0.2, -0.15) is 0 Å². The first kappa shape index (κ1) is 16.2. The van der Waals surface area contributed by atoms with Crippen molar-refractivity contribution in [1.82, 2.24) is 20.2 Å². The van der Waals surface area contributed by atoms with E-state index in [0.717, 1.165) is 10.6 Å². The number of aromatic nitrogens is 2. The summed E-state index contributed by atoms with van der Waals surface area (Å²) in [4.78, 5) is 35.2. The van der Waals surface area contributed by atoms with Crippen LogP contribution in [0.3, 0.4) is 0 Å². The molecular formula is C15H17N5O3S. The second kappa shape index (κ2) is 7.26. The van der Waals surface area contributed by atoms with Crippen LogP contribution in [-0.2, 0) is 11.3 Å². The molecule has 1 aliphatic heterocycles. The van der Waals surface area contributed by atoms with Crippen LogP contribution < -0.4 is 10.2 Å². The van der Waals surface area contributed by atoms with Gasteiger partial charge < -0.3 is 20.2 Å². The number of anilines is 1. The van der Waals surface area contributed by atoms with Crippen molar-refractivity contribution >= 4 is 29.7 Å². The summed E-state index contributed by atoms with van der Waals surface area (Å²) in [6.45, 7) is 2.22. The van der Waals surface area contributed by atoms with Crippen LogP contribution in [0.15, 0.2) is 23.7 Å². The van der Waals surface area contributed by atoms with Crippen LogP contribution in [0.2, 0.25) is 0 Å². The van der Waals surface area contributed by atoms with Crippen molar-refractivity contribution < 1.29 is 14.7 Å². The van der Waals surface area contributed by atoms with Gasteiger partial charge in [-0.15, -0.1) is 11.3 Å². The second-order valence-corrected chi connectivity index (χ2v) is 6.21. The van der Waals surface area contributed by atoms with Crippen LogP contribution in [0.1, 0.15) is 5.69 Å². The van der Waals surface area contributed by atoms with Gasteiger partial charge in [-0.25, -0.2) is 14.8 Å². The predicted octanol–water partition coefficient (Wildman–Crippen LogP) is 1.25. The molecule has 1 saturated heterocycles. The summed E-state index contributed by atoms with van der Waals surface area (Å²) in [7, 11) is 0. The standard InChI is InChI=1S/C15H17N5O3S/c21-10-16-8-12-14(19-3-5-20(6-4-19)15(22)23)17-9-11(18-12)13-2-1-7-24-13/h1-2,7,9-10H,3-6,8H2,(H,16,21)(H,22,23). The largest absolute Gasteiger partial charge is 0.465 e. The summed E-state index contributed by atoms with van der Waals surface area (Å²) in [6.07, 6.45) is 1.44. The number of carboxylic acid groups (broad SMARTS) is 1. The van der Waals surface area contributed by atoms with Gasteiger partial charge in [0, 0.05) is 26.2 Å². The number of carbonyl (C=O) groups is 2. The van der Waals surface area contributed by atoms with Gasteiger partial charge >= 0.3 is 6.09 Å². The van der Waals surface area contributed by atoms with Gasteiger partial charge in [0.1, 0.15) is 5.69 Å². The zero-order valence-electron chi connectivity index (χ0n) is 12.9. The molecular weight excluding hydrogens is 330 g/mol. The molecule has 0 spiro atoms. The molecule has 0 aromatic carbocycles. The first-order chi connectivity index (χ1) is 11.7. The van der Waals surface area contributed by atoms with Crippen molar-refractivity contribution in [2.24, 2.45) is 0 Å². The maximum absolute atomic E-state index is 11.0. The average molecular weight is 347 g/mol. The lowest BCUT2D eigenvalue weighted by molar-refractivity contribution is -0.109. The van der Waals surface area contributed by atoms with Gasteiger partial charge in [0.15, 0.2) is 5.82 Å². The van der Waals surface area contributed by atoms with Crippen LogP contribution in [0.5, 0.6) is 0 Å². The number of nitrogens with one attached hydrogen (secondary N) is 1. The van der Waals surface area contributed by atoms with Gasteiger partial charge in [0.2, 0.25) is 6.41 Å². The molecule has 1 aliphatic rings. The quantitative estimate of drug-likeness (QED) is 0.790. The van der Waals surface area contributed by atoms with E-state index < -0.39 is 6.09 Å². The Labute approximate surface area is 142 Å². The lowest BCUT2D eigenvalue weighted by Crippen LogP contribution is -2.49. The number of thiophene rings is 1. The zero-order chi connectivity index (χ0) is 16.9. The minimum Gasteiger partial charge on any atom is -0.465 e.